The molecule has 1 aromatic rings. The molecule has 0 aliphatic heterocycles. The predicted octanol–water partition coefficient (Wildman–Crippen LogP) is 2.19. The minimum absolute atomic E-state index is 1.88. The van der Waals surface area contributed by atoms with Gasteiger partial charge in [-0.15, -0.1) is 0 Å². The number of aromatic nitrogens is 1. The topological polar surface area (TPSA) is 15.8 Å². The molecule has 1 nitrogen and oxygen atoms in total. The maximum absolute atomic E-state index is 9.67. The SMILES string of the molecule is FC(F)F.c1cc[nH]c1. The van der Waals surface area contributed by atoms with Gasteiger partial charge in [0, 0.05) is 12.4 Å². The quantitative estimate of drug-likeness (QED) is 0.564. The fraction of sp³-hybridized carbons (Fsp3) is 0.200. The maximum Gasteiger partial charge on any atom is 0.379 e. The highest BCUT2D eigenvalue weighted by molar-refractivity contribution is 4.84. The lowest BCUT2D eigenvalue weighted by molar-refractivity contribution is 0.00819. The molecule has 0 spiro atoms. The molecule has 1 aromatic heterocycles. The van der Waals surface area contributed by atoms with Crippen molar-refractivity contribution in [3.63, 3.8) is 0 Å². The largest absolute Gasteiger partial charge is 0.379 e. The first-order valence-corrected chi connectivity index (χ1v) is 2.23. The van der Waals surface area contributed by atoms with E-state index >= 15 is 0 Å². The first-order chi connectivity index (χ1) is 4.23. The van der Waals surface area contributed by atoms with E-state index in [1.54, 1.807) is 0 Å². The summed E-state index contributed by atoms with van der Waals surface area (Å²) in [5.74, 6) is 0. The Balaban J connectivity index is 0.000000148. The van der Waals surface area contributed by atoms with E-state index in [9.17, 15) is 13.2 Å². The second-order valence-corrected chi connectivity index (χ2v) is 1.13. The number of halogens is 3. The number of H-pyrrole nitrogens is 1. The lowest BCUT2D eigenvalue weighted by Gasteiger charge is -1.65. The van der Waals surface area contributed by atoms with Crippen molar-refractivity contribution in [2.75, 3.05) is 0 Å². The van der Waals surface area contributed by atoms with Crippen LogP contribution in [-0.2, 0) is 0 Å². The van der Waals surface area contributed by atoms with Crippen molar-refractivity contribution in [2.24, 2.45) is 0 Å². The second-order valence-electron chi connectivity index (χ2n) is 1.13. The van der Waals surface area contributed by atoms with Crippen molar-refractivity contribution in [3.8, 4) is 0 Å². The summed E-state index contributed by atoms with van der Waals surface area (Å²) in [6.45, 7) is -3.67. The first-order valence-electron chi connectivity index (χ1n) is 2.23. The Bertz CT molecular complexity index is 95.8. The van der Waals surface area contributed by atoms with Crippen molar-refractivity contribution < 1.29 is 13.2 Å². The van der Waals surface area contributed by atoms with Crippen molar-refractivity contribution in [3.05, 3.63) is 24.5 Å². The van der Waals surface area contributed by atoms with E-state index in [0.29, 0.717) is 0 Å². The molecule has 4 heteroatoms. The Morgan fingerprint density at radius 3 is 1.44 bits per heavy atom. The summed E-state index contributed by atoms with van der Waals surface area (Å²) in [4.78, 5) is 2.86. The lowest BCUT2D eigenvalue weighted by Crippen LogP contribution is -1.65. The summed E-state index contributed by atoms with van der Waals surface area (Å²) in [5.41, 5.74) is 0. The van der Waals surface area contributed by atoms with Crippen LogP contribution in [-0.4, -0.2) is 11.7 Å². The molecular formula is C5H6F3N. The van der Waals surface area contributed by atoms with E-state index in [1.165, 1.54) is 0 Å². The Kier molecular flexibility index (Phi) is 4.67. The van der Waals surface area contributed by atoms with Gasteiger partial charge in [-0.05, 0) is 12.1 Å². The third-order valence-corrected chi connectivity index (χ3v) is 0.496. The minimum Gasteiger partial charge on any atom is -0.368 e. The van der Waals surface area contributed by atoms with Gasteiger partial charge in [0.1, 0.15) is 0 Å². The van der Waals surface area contributed by atoms with Crippen LogP contribution >= 0.6 is 0 Å². The van der Waals surface area contributed by atoms with Gasteiger partial charge in [0.25, 0.3) is 0 Å². The van der Waals surface area contributed by atoms with Crippen LogP contribution in [0.3, 0.4) is 0 Å². The molecule has 0 saturated heterocycles. The number of nitrogens with one attached hydrogen (secondary N) is 1. The molecule has 0 radical (unpaired) electrons. The number of hydrogen-bond donors (Lipinski definition) is 1. The molecule has 1 rings (SSSR count). The van der Waals surface area contributed by atoms with Gasteiger partial charge in [0.2, 0.25) is 0 Å². The average Bonchev–Trinajstić information content (AvgIpc) is 2.11. The van der Waals surface area contributed by atoms with Crippen molar-refractivity contribution in [1.29, 1.82) is 0 Å². The normalized spacial score (nSPS) is 8.44. The van der Waals surface area contributed by atoms with Crippen LogP contribution in [0.1, 0.15) is 0 Å². The molecule has 0 aliphatic carbocycles. The Hall–Kier alpha value is -0.930. The third-order valence-electron chi connectivity index (χ3n) is 0.496. The monoisotopic (exact) mass is 137 g/mol. The molecule has 0 atom stereocenters. The van der Waals surface area contributed by atoms with Crippen LogP contribution in [0, 0.1) is 0 Å². The second kappa shape index (κ2) is 5.21. The minimum atomic E-state index is -3.67. The average molecular weight is 137 g/mol. The molecular weight excluding hydrogens is 131 g/mol. The molecule has 0 aliphatic rings. The van der Waals surface area contributed by atoms with Crippen LogP contribution < -0.4 is 0 Å². The molecule has 0 saturated carbocycles. The lowest BCUT2D eigenvalue weighted by atomic mass is 10.7. The highest BCUT2D eigenvalue weighted by Gasteiger charge is 1.86. The van der Waals surface area contributed by atoms with Gasteiger partial charge in [0.05, 0.1) is 0 Å². The number of hydrogen-bond acceptors (Lipinski definition) is 0. The van der Waals surface area contributed by atoms with Crippen LogP contribution in [0.4, 0.5) is 13.2 Å². The van der Waals surface area contributed by atoms with Gasteiger partial charge in [-0.1, -0.05) is 0 Å². The zero-order valence-electron chi connectivity index (χ0n) is 4.52. The molecule has 1 heterocycles. The van der Waals surface area contributed by atoms with Gasteiger partial charge >= 0.3 is 6.68 Å². The van der Waals surface area contributed by atoms with E-state index in [2.05, 4.69) is 4.98 Å². The van der Waals surface area contributed by atoms with E-state index in [0.717, 1.165) is 0 Å². The zero-order valence-corrected chi connectivity index (χ0v) is 4.52. The summed E-state index contributed by atoms with van der Waals surface area (Å²) in [5, 5.41) is 0. The fourth-order valence-electron chi connectivity index (χ4n) is 0.278. The molecule has 9 heavy (non-hydrogen) atoms. The standard InChI is InChI=1S/C4H5N.CHF3/c1-2-4-5-3-1;2-1(3)4/h1-5H;1H. The van der Waals surface area contributed by atoms with Crippen LogP contribution in [0.25, 0.3) is 0 Å². The van der Waals surface area contributed by atoms with E-state index in [4.69, 9.17) is 0 Å². The summed E-state index contributed by atoms with van der Waals surface area (Å²) in [6, 6.07) is 3.89. The van der Waals surface area contributed by atoms with Gasteiger partial charge in [-0.3, -0.25) is 0 Å². The Morgan fingerprint density at radius 1 is 1.00 bits per heavy atom. The van der Waals surface area contributed by atoms with Gasteiger partial charge in [-0.2, -0.15) is 13.2 Å². The first kappa shape index (κ1) is 8.07. The number of alkyl halides is 3. The van der Waals surface area contributed by atoms with Crippen molar-refractivity contribution >= 4 is 0 Å². The smallest absolute Gasteiger partial charge is 0.368 e. The van der Waals surface area contributed by atoms with Gasteiger partial charge in [-0.25, -0.2) is 0 Å². The third kappa shape index (κ3) is 11.0. The van der Waals surface area contributed by atoms with Crippen LogP contribution in [0.15, 0.2) is 24.5 Å². The van der Waals surface area contributed by atoms with Gasteiger partial charge in [0.15, 0.2) is 0 Å². The maximum atomic E-state index is 9.67. The number of aromatic amines is 1. The Labute approximate surface area is 50.5 Å². The van der Waals surface area contributed by atoms with E-state index in [-0.39, 0.29) is 0 Å². The summed E-state index contributed by atoms with van der Waals surface area (Å²) in [7, 11) is 0. The van der Waals surface area contributed by atoms with E-state index in [1.807, 2.05) is 24.5 Å². The van der Waals surface area contributed by atoms with Crippen molar-refractivity contribution in [2.45, 2.75) is 6.68 Å². The van der Waals surface area contributed by atoms with Crippen LogP contribution in [0.2, 0.25) is 0 Å². The molecule has 0 fully saturated rings. The zero-order chi connectivity index (χ0) is 7.11. The van der Waals surface area contributed by atoms with Crippen molar-refractivity contribution in [1.82, 2.24) is 4.98 Å². The van der Waals surface area contributed by atoms with E-state index < -0.39 is 6.68 Å². The summed E-state index contributed by atoms with van der Waals surface area (Å²) in [6.07, 6.45) is 3.75. The summed E-state index contributed by atoms with van der Waals surface area (Å²) >= 11 is 0. The predicted molar refractivity (Wildman–Crippen MR) is 27.9 cm³/mol. The molecule has 0 amide bonds. The molecule has 52 valence electrons. The number of rotatable bonds is 0. The summed E-state index contributed by atoms with van der Waals surface area (Å²) < 4.78 is 29.0. The molecule has 1 N–H and O–H groups in total. The Morgan fingerprint density at radius 2 is 1.33 bits per heavy atom. The molecule has 0 aromatic carbocycles. The fourth-order valence-corrected chi connectivity index (χ4v) is 0.278. The molecule has 0 unspecified atom stereocenters. The highest BCUT2D eigenvalue weighted by atomic mass is 19.4. The molecule has 0 bridgehead atoms. The van der Waals surface area contributed by atoms with Crippen LogP contribution in [0.5, 0.6) is 0 Å². The van der Waals surface area contributed by atoms with Gasteiger partial charge < -0.3 is 4.98 Å². The highest BCUT2D eigenvalue weighted by Crippen LogP contribution is 1.87.